The van der Waals surface area contributed by atoms with Crippen LogP contribution in [0.5, 0.6) is 0 Å². The van der Waals surface area contributed by atoms with Crippen molar-refractivity contribution in [2.24, 2.45) is 0 Å². The maximum atomic E-state index is 13.7. The Balaban J connectivity index is 1.96. The first-order chi connectivity index (χ1) is 13.5. The summed E-state index contributed by atoms with van der Waals surface area (Å²) in [5.41, 5.74) is 0.118. The molecule has 3 rings (SSSR count). The topological polar surface area (TPSA) is 29.0 Å². The molecule has 152 valence electrons. The van der Waals surface area contributed by atoms with Crippen molar-refractivity contribution in [2.75, 3.05) is 4.90 Å². The number of anilines is 2. The molecule has 0 saturated heterocycles. The minimum Gasteiger partial charge on any atom is -0.241 e. The molecule has 0 fully saturated rings. The lowest BCUT2D eigenvalue weighted by Crippen LogP contribution is -2.34. The predicted molar refractivity (Wildman–Crippen MR) is 95.7 cm³/mol. The van der Waals surface area contributed by atoms with Crippen LogP contribution in [0.25, 0.3) is 0 Å². The molecule has 1 aromatic heterocycles. The van der Waals surface area contributed by atoms with Crippen LogP contribution >= 0.6 is 0 Å². The lowest BCUT2D eigenvalue weighted by atomic mass is 10.1. The molecule has 0 aliphatic rings. The summed E-state index contributed by atoms with van der Waals surface area (Å²) >= 11 is 0. The number of hydrogen-bond acceptors (Lipinski definition) is 3. The summed E-state index contributed by atoms with van der Waals surface area (Å²) in [6.45, 7) is 1.66. The quantitative estimate of drug-likeness (QED) is 0.386. The van der Waals surface area contributed by atoms with Gasteiger partial charge in [0.25, 0.3) is 0 Å². The second-order valence-electron chi connectivity index (χ2n) is 6.38. The Kier molecular flexibility index (Phi) is 5.50. The minimum atomic E-state index is -4.75. The highest BCUT2D eigenvalue weighted by Crippen LogP contribution is 2.36. The largest absolute Gasteiger partial charge is 0.490 e. The van der Waals surface area contributed by atoms with Gasteiger partial charge < -0.3 is 0 Å². The van der Waals surface area contributed by atoms with Crippen LogP contribution in [0.2, 0.25) is 0 Å². The van der Waals surface area contributed by atoms with E-state index in [1.54, 1.807) is 13.0 Å². The van der Waals surface area contributed by atoms with E-state index in [1.807, 2.05) is 0 Å². The second kappa shape index (κ2) is 7.73. The molecular formula is C20H15F6N3. The van der Waals surface area contributed by atoms with Gasteiger partial charge in [0.2, 0.25) is 0 Å². The predicted octanol–water partition coefficient (Wildman–Crippen LogP) is 6.05. The third-order valence-electron chi connectivity index (χ3n) is 4.09. The molecule has 3 nitrogen and oxygen atoms in total. The highest BCUT2D eigenvalue weighted by atomic mass is 19.4. The molecule has 29 heavy (non-hydrogen) atoms. The van der Waals surface area contributed by atoms with Gasteiger partial charge in [0.1, 0.15) is 12.1 Å². The smallest absolute Gasteiger partial charge is 0.241 e. The van der Waals surface area contributed by atoms with Gasteiger partial charge >= 0.3 is 12.5 Å². The maximum absolute atomic E-state index is 13.7. The summed E-state index contributed by atoms with van der Waals surface area (Å²) in [4.78, 5) is 7.75. The van der Waals surface area contributed by atoms with E-state index in [0.29, 0.717) is 5.56 Å². The summed E-state index contributed by atoms with van der Waals surface area (Å²) < 4.78 is 79.7. The van der Waals surface area contributed by atoms with Crippen LogP contribution in [0.3, 0.4) is 0 Å². The first kappa shape index (κ1) is 20.6. The van der Waals surface area contributed by atoms with E-state index in [0.717, 1.165) is 24.5 Å². The molecular weight excluding hydrogens is 396 g/mol. The van der Waals surface area contributed by atoms with E-state index >= 15 is 0 Å². The van der Waals surface area contributed by atoms with Crippen molar-refractivity contribution in [3.8, 4) is 0 Å². The number of hydrogen-bond donors (Lipinski definition) is 0. The zero-order chi connectivity index (χ0) is 21.2. The summed E-state index contributed by atoms with van der Waals surface area (Å²) in [5.74, 6) is -0.417. The van der Waals surface area contributed by atoms with Crippen LogP contribution in [-0.2, 0) is 12.6 Å². The fourth-order valence-corrected chi connectivity index (χ4v) is 2.85. The van der Waals surface area contributed by atoms with Crippen molar-refractivity contribution in [2.45, 2.75) is 25.8 Å². The summed E-state index contributed by atoms with van der Waals surface area (Å²) in [5, 5.41) is 0. The van der Waals surface area contributed by atoms with Crippen molar-refractivity contribution in [1.82, 2.24) is 9.97 Å². The van der Waals surface area contributed by atoms with E-state index in [-0.39, 0.29) is 28.3 Å². The van der Waals surface area contributed by atoms with E-state index < -0.39 is 23.9 Å². The SMILES string of the molecule is Cc1cccc(N(c2cc(Cc3cccc(C(F)(F)F)c3)ncn2)C(F)(F)F)c1. The average Bonchev–Trinajstić information content (AvgIpc) is 2.60. The van der Waals surface area contributed by atoms with Crippen LogP contribution < -0.4 is 4.90 Å². The fraction of sp³-hybridized carbons (Fsp3) is 0.200. The molecule has 0 saturated carbocycles. The average molecular weight is 411 g/mol. The van der Waals surface area contributed by atoms with Gasteiger partial charge in [-0.25, -0.2) is 14.9 Å². The molecule has 0 bridgehead atoms. The number of rotatable bonds is 4. The highest BCUT2D eigenvalue weighted by Gasteiger charge is 2.40. The first-order valence-corrected chi connectivity index (χ1v) is 8.45. The van der Waals surface area contributed by atoms with Crippen LogP contribution in [0.1, 0.15) is 22.4 Å². The molecule has 0 radical (unpaired) electrons. The first-order valence-electron chi connectivity index (χ1n) is 8.45. The molecule has 0 aliphatic carbocycles. The van der Waals surface area contributed by atoms with Gasteiger partial charge in [-0.15, -0.1) is 13.2 Å². The van der Waals surface area contributed by atoms with Crippen molar-refractivity contribution in [3.63, 3.8) is 0 Å². The van der Waals surface area contributed by atoms with Gasteiger partial charge in [0.05, 0.1) is 16.9 Å². The van der Waals surface area contributed by atoms with Gasteiger partial charge in [-0.2, -0.15) is 13.2 Å². The third kappa shape index (κ3) is 5.04. The number of aryl methyl sites for hydroxylation is 1. The van der Waals surface area contributed by atoms with Gasteiger partial charge in [0, 0.05) is 12.5 Å². The molecule has 0 unspecified atom stereocenters. The van der Waals surface area contributed by atoms with Gasteiger partial charge in [-0.3, -0.25) is 0 Å². The molecule has 0 spiro atoms. The fourth-order valence-electron chi connectivity index (χ4n) is 2.85. The van der Waals surface area contributed by atoms with E-state index in [9.17, 15) is 26.3 Å². The number of alkyl halides is 6. The number of aromatic nitrogens is 2. The molecule has 0 aliphatic heterocycles. The minimum absolute atomic E-state index is 0.0705. The molecule has 0 N–H and O–H groups in total. The second-order valence-corrected chi connectivity index (χ2v) is 6.38. The number of nitrogens with zero attached hydrogens (tertiary/aromatic N) is 3. The van der Waals surface area contributed by atoms with Crippen LogP contribution in [-0.4, -0.2) is 16.3 Å². The molecule has 0 amide bonds. The van der Waals surface area contributed by atoms with Crippen molar-refractivity contribution in [1.29, 1.82) is 0 Å². The molecule has 1 heterocycles. The maximum Gasteiger partial charge on any atom is 0.490 e. The normalized spacial score (nSPS) is 12.1. The number of benzene rings is 2. The van der Waals surface area contributed by atoms with Crippen LogP contribution in [0, 0.1) is 6.92 Å². The zero-order valence-corrected chi connectivity index (χ0v) is 15.1. The Hall–Kier alpha value is -3.10. The Morgan fingerprint density at radius 2 is 1.59 bits per heavy atom. The van der Waals surface area contributed by atoms with E-state index in [1.165, 1.54) is 30.3 Å². The Labute approximate surface area is 162 Å². The Morgan fingerprint density at radius 1 is 0.862 bits per heavy atom. The van der Waals surface area contributed by atoms with E-state index in [2.05, 4.69) is 9.97 Å². The third-order valence-corrected chi connectivity index (χ3v) is 4.09. The zero-order valence-electron chi connectivity index (χ0n) is 15.1. The lowest BCUT2D eigenvalue weighted by molar-refractivity contribution is -0.137. The summed E-state index contributed by atoms with van der Waals surface area (Å²) in [6, 6.07) is 11.5. The summed E-state index contributed by atoms with van der Waals surface area (Å²) in [6.07, 6.45) is -8.37. The Bertz CT molecular complexity index is 998. The molecule has 0 atom stereocenters. The molecule has 9 heteroatoms. The summed E-state index contributed by atoms with van der Waals surface area (Å²) in [7, 11) is 0. The van der Waals surface area contributed by atoms with Gasteiger partial charge in [-0.1, -0.05) is 30.3 Å². The van der Waals surface area contributed by atoms with Crippen LogP contribution in [0.15, 0.2) is 60.9 Å². The standard InChI is InChI=1S/C20H15F6N3/c1-13-4-2-7-17(8-13)29(20(24,25)26)18-11-16(27-12-28-18)10-14-5-3-6-15(9-14)19(21,22)23/h2-9,11-12H,10H2,1H3. The Morgan fingerprint density at radius 3 is 2.24 bits per heavy atom. The molecule has 3 aromatic rings. The monoisotopic (exact) mass is 411 g/mol. The van der Waals surface area contributed by atoms with Crippen molar-refractivity contribution < 1.29 is 26.3 Å². The number of halogens is 6. The lowest BCUT2D eigenvalue weighted by Gasteiger charge is -2.26. The van der Waals surface area contributed by atoms with Crippen LogP contribution in [0.4, 0.5) is 37.8 Å². The van der Waals surface area contributed by atoms with Gasteiger partial charge in [0.15, 0.2) is 0 Å². The van der Waals surface area contributed by atoms with Crippen molar-refractivity contribution >= 4 is 11.5 Å². The highest BCUT2D eigenvalue weighted by molar-refractivity contribution is 5.61. The van der Waals surface area contributed by atoms with Gasteiger partial charge in [-0.05, 0) is 36.2 Å². The van der Waals surface area contributed by atoms with Crippen molar-refractivity contribution in [3.05, 3.63) is 83.3 Å². The van der Waals surface area contributed by atoms with E-state index in [4.69, 9.17) is 0 Å². The molecule has 2 aromatic carbocycles.